The first kappa shape index (κ1) is 18.8. The predicted octanol–water partition coefficient (Wildman–Crippen LogP) is 3.62. The number of hydrogen-bond donors (Lipinski definition) is 1. The first-order valence-corrected chi connectivity index (χ1v) is 6.50. The zero-order valence-electron chi connectivity index (χ0n) is 11.6. The quantitative estimate of drug-likeness (QED) is 0.800. The summed E-state index contributed by atoms with van der Waals surface area (Å²) in [6.45, 7) is 0. The van der Waals surface area contributed by atoms with Crippen molar-refractivity contribution in [1.82, 2.24) is 9.55 Å². The SMILES string of the molecule is O=C(O)c1ncc(C(F)(F)F)cc1-n1cc(C(F)(F)F)cc(Cl)c1=O. The van der Waals surface area contributed by atoms with E-state index in [0.717, 1.165) is 0 Å². The molecule has 0 aliphatic carbocycles. The Morgan fingerprint density at radius 3 is 2.12 bits per heavy atom. The van der Waals surface area contributed by atoms with Gasteiger partial charge in [-0.2, -0.15) is 26.3 Å². The molecule has 0 spiro atoms. The highest BCUT2D eigenvalue weighted by molar-refractivity contribution is 6.30. The maximum absolute atomic E-state index is 12.8. The summed E-state index contributed by atoms with van der Waals surface area (Å²) in [6, 6.07) is 0.482. The van der Waals surface area contributed by atoms with E-state index in [0.29, 0.717) is 0 Å². The van der Waals surface area contributed by atoms with Crippen LogP contribution in [0.2, 0.25) is 5.02 Å². The van der Waals surface area contributed by atoms with Crippen molar-refractivity contribution >= 4 is 17.6 Å². The van der Waals surface area contributed by atoms with E-state index in [1.165, 1.54) is 0 Å². The molecule has 0 aliphatic heterocycles. The molecule has 2 rings (SSSR count). The zero-order valence-corrected chi connectivity index (χ0v) is 12.4. The number of pyridine rings is 2. The van der Waals surface area contributed by atoms with E-state index < -0.39 is 51.4 Å². The predicted molar refractivity (Wildman–Crippen MR) is 71.8 cm³/mol. The van der Waals surface area contributed by atoms with Gasteiger partial charge >= 0.3 is 18.3 Å². The van der Waals surface area contributed by atoms with Crippen LogP contribution in [0.15, 0.2) is 29.3 Å². The second-order valence-electron chi connectivity index (χ2n) is 4.64. The van der Waals surface area contributed by atoms with Crippen LogP contribution >= 0.6 is 11.6 Å². The Morgan fingerprint density at radius 2 is 1.64 bits per heavy atom. The summed E-state index contributed by atoms with van der Waals surface area (Å²) >= 11 is 5.41. The van der Waals surface area contributed by atoms with Gasteiger partial charge in [0.25, 0.3) is 5.56 Å². The Balaban J connectivity index is 2.87. The van der Waals surface area contributed by atoms with Gasteiger partial charge in [0.05, 0.1) is 16.8 Å². The molecular formula is C13H5ClF6N2O3. The van der Waals surface area contributed by atoms with E-state index in [1.54, 1.807) is 0 Å². The number of rotatable bonds is 2. The third kappa shape index (κ3) is 3.76. The van der Waals surface area contributed by atoms with Crippen molar-refractivity contribution in [1.29, 1.82) is 0 Å². The molecule has 0 unspecified atom stereocenters. The first-order valence-electron chi connectivity index (χ1n) is 6.12. The van der Waals surface area contributed by atoms with Crippen molar-refractivity contribution in [3.05, 3.63) is 56.7 Å². The van der Waals surface area contributed by atoms with E-state index in [1.807, 2.05) is 0 Å². The molecule has 0 radical (unpaired) electrons. The lowest BCUT2D eigenvalue weighted by molar-refractivity contribution is -0.139. The molecule has 0 saturated carbocycles. The summed E-state index contributed by atoms with van der Waals surface area (Å²) < 4.78 is 76.9. The topological polar surface area (TPSA) is 72.2 Å². The Kier molecular flexibility index (Phi) is 4.55. The van der Waals surface area contributed by atoms with Crippen molar-refractivity contribution in [2.24, 2.45) is 0 Å². The second-order valence-corrected chi connectivity index (χ2v) is 5.05. The lowest BCUT2D eigenvalue weighted by Gasteiger charge is -2.15. The Morgan fingerprint density at radius 1 is 1.08 bits per heavy atom. The summed E-state index contributed by atoms with van der Waals surface area (Å²) in [5, 5.41) is 8.04. The average molecular weight is 387 g/mol. The molecule has 2 heterocycles. The van der Waals surface area contributed by atoms with Crippen LogP contribution in [0, 0.1) is 0 Å². The van der Waals surface area contributed by atoms with Gasteiger partial charge in [-0.15, -0.1) is 0 Å². The fourth-order valence-corrected chi connectivity index (χ4v) is 2.05. The molecule has 0 aliphatic rings. The summed E-state index contributed by atoms with van der Waals surface area (Å²) in [5.74, 6) is -1.84. The molecule has 0 fully saturated rings. The molecule has 5 nitrogen and oxygen atoms in total. The summed E-state index contributed by atoms with van der Waals surface area (Å²) in [5.41, 5.74) is -6.29. The van der Waals surface area contributed by atoms with Crippen LogP contribution in [-0.2, 0) is 12.4 Å². The molecule has 12 heteroatoms. The van der Waals surface area contributed by atoms with Gasteiger partial charge < -0.3 is 5.11 Å². The van der Waals surface area contributed by atoms with Gasteiger partial charge in [-0.3, -0.25) is 9.36 Å². The molecule has 2 aromatic rings. The normalized spacial score (nSPS) is 12.3. The number of halogens is 7. The Labute approximate surface area is 139 Å². The fourth-order valence-electron chi connectivity index (χ4n) is 1.84. The highest BCUT2D eigenvalue weighted by Crippen LogP contribution is 2.33. The fraction of sp³-hybridized carbons (Fsp3) is 0.154. The average Bonchev–Trinajstić information content (AvgIpc) is 2.47. The van der Waals surface area contributed by atoms with Crippen molar-refractivity contribution in [2.45, 2.75) is 12.4 Å². The third-order valence-electron chi connectivity index (χ3n) is 2.96. The van der Waals surface area contributed by atoms with Crippen LogP contribution in [-0.4, -0.2) is 20.6 Å². The maximum atomic E-state index is 12.8. The summed E-state index contributed by atoms with van der Waals surface area (Å²) in [6.07, 6.45) is -9.60. The Hall–Kier alpha value is -2.56. The molecule has 134 valence electrons. The van der Waals surface area contributed by atoms with Gasteiger partial charge in [-0.1, -0.05) is 11.6 Å². The van der Waals surface area contributed by atoms with E-state index in [2.05, 4.69) is 4.98 Å². The van der Waals surface area contributed by atoms with Crippen LogP contribution in [0.25, 0.3) is 5.69 Å². The highest BCUT2D eigenvalue weighted by Gasteiger charge is 2.35. The number of nitrogens with zero attached hydrogens (tertiary/aromatic N) is 2. The molecule has 1 N–H and O–H groups in total. The minimum absolute atomic E-state index is 0.0663. The molecule has 0 bridgehead atoms. The number of hydrogen-bond acceptors (Lipinski definition) is 3. The third-order valence-corrected chi connectivity index (χ3v) is 3.23. The minimum atomic E-state index is -4.97. The van der Waals surface area contributed by atoms with Gasteiger partial charge in [0.15, 0.2) is 5.69 Å². The number of aromatic nitrogens is 2. The van der Waals surface area contributed by atoms with E-state index >= 15 is 0 Å². The van der Waals surface area contributed by atoms with Crippen molar-refractivity contribution in [3.8, 4) is 5.69 Å². The molecule has 0 atom stereocenters. The van der Waals surface area contributed by atoms with Gasteiger partial charge in [0.2, 0.25) is 0 Å². The minimum Gasteiger partial charge on any atom is -0.476 e. The van der Waals surface area contributed by atoms with Crippen LogP contribution in [0.4, 0.5) is 26.3 Å². The second kappa shape index (κ2) is 6.06. The van der Waals surface area contributed by atoms with Crippen molar-refractivity contribution in [3.63, 3.8) is 0 Å². The molecular weight excluding hydrogens is 382 g/mol. The van der Waals surface area contributed by atoms with E-state index in [4.69, 9.17) is 16.7 Å². The van der Waals surface area contributed by atoms with E-state index in [-0.39, 0.29) is 29.1 Å². The van der Waals surface area contributed by atoms with Gasteiger partial charge in [0, 0.05) is 12.4 Å². The van der Waals surface area contributed by atoms with Crippen molar-refractivity contribution in [2.75, 3.05) is 0 Å². The van der Waals surface area contributed by atoms with Gasteiger partial charge in [0.1, 0.15) is 5.02 Å². The van der Waals surface area contributed by atoms with Crippen LogP contribution in [0.5, 0.6) is 0 Å². The number of alkyl halides is 6. The molecule has 0 aromatic carbocycles. The summed E-state index contributed by atoms with van der Waals surface area (Å²) in [4.78, 5) is 26.1. The van der Waals surface area contributed by atoms with E-state index in [9.17, 15) is 35.9 Å². The molecule has 2 aromatic heterocycles. The maximum Gasteiger partial charge on any atom is 0.417 e. The van der Waals surface area contributed by atoms with Crippen LogP contribution in [0.1, 0.15) is 21.6 Å². The molecule has 25 heavy (non-hydrogen) atoms. The molecule has 0 amide bonds. The molecule has 0 saturated heterocycles. The number of carbonyl (C=O) groups is 1. The lowest BCUT2D eigenvalue weighted by Crippen LogP contribution is -2.24. The van der Waals surface area contributed by atoms with Crippen molar-refractivity contribution < 1.29 is 36.2 Å². The lowest BCUT2D eigenvalue weighted by atomic mass is 10.2. The number of aromatic carboxylic acids is 1. The first-order chi connectivity index (χ1) is 11.3. The smallest absolute Gasteiger partial charge is 0.417 e. The number of carboxylic acids is 1. The zero-order chi connectivity index (χ0) is 19.2. The van der Waals surface area contributed by atoms with Gasteiger partial charge in [-0.05, 0) is 12.1 Å². The van der Waals surface area contributed by atoms with Gasteiger partial charge in [-0.25, -0.2) is 9.78 Å². The van der Waals surface area contributed by atoms with Crippen LogP contribution < -0.4 is 5.56 Å². The highest BCUT2D eigenvalue weighted by atomic mass is 35.5. The standard InChI is InChI=1S/C13H5ClF6N2O3/c14-7-1-6(13(18,19)20)4-22(10(7)23)8-2-5(12(15,16)17)3-21-9(8)11(24)25/h1-4H,(H,24,25). The Bertz CT molecular complexity index is 904. The number of carboxylic acid groups (broad SMARTS) is 1. The summed E-state index contributed by atoms with van der Waals surface area (Å²) in [7, 11) is 0. The monoisotopic (exact) mass is 386 g/mol. The largest absolute Gasteiger partial charge is 0.476 e. The van der Waals surface area contributed by atoms with Crippen LogP contribution in [0.3, 0.4) is 0 Å².